The van der Waals surface area contributed by atoms with Crippen LogP contribution in [0.1, 0.15) is 34.2 Å². The van der Waals surface area contributed by atoms with Crippen LogP contribution in [-0.4, -0.2) is 33.0 Å². The van der Waals surface area contributed by atoms with Crippen LogP contribution >= 0.6 is 0 Å². The highest BCUT2D eigenvalue weighted by atomic mass is 16.5. The molecule has 0 aliphatic heterocycles. The largest absolute Gasteiger partial charge is 0.448 e. The first-order valence-electron chi connectivity index (χ1n) is 8.93. The van der Waals surface area contributed by atoms with Gasteiger partial charge < -0.3 is 10.1 Å². The molecule has 0 fully saturated rings. The molecule has 28 heavy (non-hydrogen) atoms. The second-order valence-electron chi connectivity index (χ2n) is 6.62. The number of nitrogens with zero attached hydrogens (tertiary/aromatic N) is 3. The molecule has 1 atom stereocenters. The summed E-state index contributed by atoms with van der Waals surface area (Å²) in [5, 5.41) is 11.3. The third kappa shape index (κ3) is 4.25. The summed E-state index contributed by atoms with van der Waals surface area (Å²) in [6.07, 6.45) is -0.974. The van der Waals surface area contributed by atoms with Crippen LogP contribution in [0.5, 0.6) is 0 Å². The molecule has 3 aromatic rings. The molecule has 1 amide bonds. The number of hydrogen-bond acceptors (Lipinski definition) is 5. The van der Waals surface area contributed by atoms with Crippen LogP contribution in [0.3, 0.4) is 0 Å². The normalized spacial score (nSPS) is 11.7. The summed E-state index contributed by atoms with van der Waals surface area (Å²) in [7, 11) is 0. The van der Waals surface area contributed by atoms with E-state index in [1.165, 1.54) is 11.7 Å². The number of amides is 1. The second-order valence-corrected chi connectivity index (χ2v) is 6.62. The molecule has 0 spiro atoms. The molecule has 7 nitrogen and oxygen atoms in total. The summed E-state index contributed by atoms with van der Waals surface area (Å²) in [5.41, 5.74) is 4.04. The first kappa shape index (κ1) is 19.3. The van der Waals surface area contributed by atoms with Crippen molar-refractivity contribution in [3.63, 3.8) is 0 Å². The first-order chi connectivity index (χ1) is 13.3. The van der Waals surface area contributed by atoms with Crippen LogP contribution in [0.4, 0.5) is 5.69 Å². The molecule has 0 aliphatic rings. The Labute approximate surface area is 163 Å². The lowest BCUT2D eigenvalue weighted by atomic mass is 10.1. The molecule has 0 unspecified atom stereocenters. The Balaban J connectivity index is 1.72. The van der Waals surface area contributed by atoms with Gasteiger partial charge in [-0.15, -0.1) is 5.10 Å². The lowest BCUT2D eigenvalue weighted by molar-refractivity contribution is -0.123. The summed E-state index contributed by atoms with van der Waals surface area (Å²) < 4.78 is 5.28. The molecule has 0 saturated heterocycles. The van der Waals surface area contributed by atoms with E-state index in [0.29, 0.717) is 11.4 Å². The van der Waals surface area contributed by atoms with Crippen LogP contribution in [-0.2, 0) is 9.53 Å². The van der Waals surface area contributed by atoms with Crippen molar-refractivity contribution in [1.82, 2.24) is 15.0 Å². The van der Waals surface area contributed by atoms with Gasteiger partial charge in [-0.1, -0.05) is 35.9 Å². The molecule has 2 aromatic carbocycles. The molecule has 0 radical (unpaired) electrons. The predicted octanol–water partition coefficient (Wildman–Crippen LogP) is 3.38. The van der Waals surface area contributed by atoms with E-state index in [0.717, 1.165) is 16.8 Å². The van der Waals surface area contributed by atoms with E-state index < -0.39 is 18.0 Å². The Morgan fingerprint density at radius 1 is 1.04 bits per heavy atom. The van der Waals surface area contributed by atoms with Crippen molar-refractivity contribution < 1.29 is 14.3 Å². The fraction of sp³-hybridized carbons (Fsp3) is 0.238. The number of ether oxygens (including phenoxy) is 1. The maximum Gasteiger partial charge on any atom is 0.361 e. The van der Waals surface area contributed by atoms with Gasteiger partial charge in [0.2, 0.25) is 0 Å². The Hall–Kier alpha value is -3.48. The van der Waals surface area contributed by atoms with Crippen molar-refractivity contribution in [2.24, 2.45) is 0 Å². The topological polar surface area (TPSA) is 86.1 Å². The fourth-order valence-electron chi connectivity index (χ4n) is 2.74. The van der Waals surface area contributed by atoms with E-state index >= 15 is 0 Å². The van der Waals surface area contributed by atoms with E-state index in [2.05, 4.69) is 15.5 Å². The Kier molecular flexibility index (Phi) is 5.54. The molecule has 7 heteroatoms. The zero-order valence-electron chi connectivity index (χ0n) is 16.3. The average molecular weight is 378 g/mol. The number of anilines is 1. The van der Waals surface area contributed by atoms with E-state index in [1.54, 1.807) is 31.2 Å². The summed E-state index contributed by atoms with van der Waals surface area (Å²) in [5.74, 6) is -1.11. The highest BCUT2D eigenvalue weighted by molar-refractivity contribution is 5.97. The molecule has 1 N–H and O–H groups in total. The van der Waals surface area contributed by atoms with E-state index in [9.17, 15) is 9.59 Å². The van der Waals surface area contributed by atoms with Gasteiger partial charge in [0.25, 0.3) is 5.91 Å². The van der Waals surface area contributed by atoms with Crippen molar-refractivity contribution in [3.05, 3.63) is 71.0 Å². The monoisotopic (exact) mass is 378 g/mol. The number of nitrogens with one attached hydrogen (secondary N) is 1. The van der Waals surface area contributed by atoms with Crippen molar-refractivity contribution in [3.8, 4) is 5.69 Å². The number of para-hydroxylation sites is 1. The Morgan fingerprint density at radius 3 is 2.43 bits per heavy atom. The van der Waals surface area contributed by atoms with E-state index in [1.807, 2.05) is 38.1 Å². The van der Waals surface area contributed by atoms with E-state index in [4.69, 9.17) is 4.74 Å². The standard InChI is InChI=1S/C21H22N4O3/c1-13-10-11-18(14(2)12-13)25-23-15(3)19(24-25)21(27)28-16(4)20(26)22-17-8-6-5-7-9-17/h5-12,16H,1-4H3,(H,22,26)/t16-/m1/s1. The van der Waals surface area contributed by atoms with Crippen LogP contribution in [0.2, 0.25) is 0 Å². The molecule has 3 rings (SSSR count). The summed E-state index contributed by atoms with van der Waals surface area (Å²) >= 11 is 0. The molecule has 144 valence electrons. The minimum Gasteiger partial charge on any atom is -0.448 e. The number of aromatic nitrogens is 3. The van der Waals surface area contributed by atoms with Crippen molar-refractivity contribution in [2.45, 2.75) is 33.8 Å². The Morgan fingerprint density at radius 2 is 1.75 bits per heavy atom. The number of rotatable bonds is 5. The van der Waals surface area contributed by atoms with Gasteiger partial charge in [-0.25, -0.2) is 4.79 Å². The van der Waals surface area contributed by atoms with Gasteiger partial charge in [-0.05, 0) is 51.5 Å². The van der Waals surface area contributed by atoms with Gasteiger partial charge in [0.1, 0.15) is 0 Å². The van der Waals surface area contributed by atoms with Gasteiger partial charge >= 0.3 is 5.97 Å². The first-order valence-corrected chi connectivity index (χ1v) is 8.93. The molecule has 1 heterocycles. The number of carbonyl (C=O) groups excluding carboxylic acids is 2. The second kappa shape index (κ2) is 8.04. The molecular formula is C21H22N4O3. The van der Waals surface area contributed by atoms with Gasteiger partial charge in [0, 0.05) is 5.69 Å². The molecular weight excluding hydrogens is 356 g/mol. The average Bonchev–Trinajstić information content (AvgIpc) is 3.04. The predicted molar refractivity (Wildman–Crippen MR) is 106 cm³/mol. The summed E-state index contributed by atoms with van der Waals surface area (Å²) in [6, 6.07) is 14.8. The van der Waals surface area contributed by atoms with Crippen LogP contribution < -0.4 is 5.32 Å². The van der Waals surface area contributed by atoms with Gasteiger partial charge in [-0.2, -0.15) is 9.90 Å². The summed E-state index contributed by atoms with van der Waals surface area (Å²) in [6.45, 7) is 7.15. The van der Waals surface area contributed by atoms with Crippen molar-refractivity contribution in [2.75, 3.05) is 5.32 Å². The lowest BCUT2D eigenvalue weighted by Crippen LogP contribution is -2.30. The zero-order valence-corrected chi connectivity index (χ0v) is 16.3. The fourth-order valence-corrected chi connectivity index (χ4v) is 2.74. The van der Waals surface area contributed by atoms with Crippen molar-refractivity contribution >= 4 is 17.6 Å². The maximum atomic E-state index is 12.5. The quantitative estimate of drug-likeness (QED) is 0.688. The van der Waals surface area contributed by atoms with Gasteiger partial charge in [0.15, 0.2) is 11.8 Å². The van der Waals surface area contributed by atoms with E-state index in [-0.39, 0.29) is 5.69 Å². The Bertz CT molecular complexity index is 1010. The molecule has 0 saturated carbocycles. The lowest BCUT2D eigenvalue weighted by Gasteiger charge is -2.12. The number of aryl methyl sites for hydroxylation is 3. The van der Waals surface area contributed by atoms with Gasteiger partial charge in [-0.3, -0.25) is 4.79 Å². The molecule has 1 aromatic heterocycles. The van der Waals surface area contributed by atoms with Crippen LogP contribution in [0, 0.1) is 20.8 Å². The third-order valence-corrected chi connectivity index (χ3v) is 4.24. The highest BCUT2D eigenvalue weighted by Gasteiger charge is 2.24. The minimum atomic E-state index is -0.974. The highest BCUT2D eigenvalue weighted by Crippen LogP contribution is 2.16. The number of esters is 1. The third-order valence-electron chi connectivity index (χ3n) is 4.24. The summed E-state index contributed by atoms with van der Waals surface area (Å²) in [4.78, 5) is 26.1. The van der Waals surface area contributed by atoms with Crippen molar-refractivity contribution in [1.29, 1.82) is 0 Å². The van der Waals surface area contributed by atoms with Gasteiger partial charge in [0.05, 0.1) is 11.4 Å². The zero-order chi connectivity index (χ0) is 20.3. The minimum absolute atomic E-state index is 0.0827. The van der Waals surface area contributed by atoms with Crippen LogP contribution in [0.15, 0.2) is 48.5 Å². The smallest absolute Gasteiger partial charge is 0.361 e. The SMILES string of the molecule is Cc1ccc(-n2nc(C)c(C(=O)O[C@H](C)C(=O)Nc3ccccc3)n2)c(C)c1. The van der Waals surface area contributed by atoms with Crippen LogP contribution in [0.25, 0.3) is 5.69 Å². The number of carbonyl (C=O) groups is 2. The number of hydrogen-bond donors (Lipinski definition) is 1. The molecule has 0 aliphatic carbocycles. The maximum absolute atomic E-state index is 12.5. The molecule has 0 bridgehead atoms. The number of benzene rings is 2.